The molecule has 0 bridgehead atoms. The van der Waals surface area contributed by atoms with Crippen LogP contribution in [0.2, 0.25) is 0 Å². The lowest BCUT2D eigenvalue weighted by Gasteiger charge is -2.16. The molecule has 2 rings (SSSR count). The molecule has 0 aliphatic carbocycles. The highest BCUT2D eigenvalue weighted by atomic mass is 16.5. The van der Waals surface area contributed by atoms with E-state index in [2.05, 4.69) is 0 Å². The Kier molecular flexibility index (Phi) is 3.80. The van der Waals surface area contributed by atoms with Crippen molar-refractivity contribution in [2.45, 2.75) is 31.4 Å². The average Bonchev–Trinajstić information content (AvgIpc) is 2.82. The number of hydrogen-bond acceptors (Lipinski definition) is 3. The minimum Gasteiger partial charge on any atom is -0.497 e. The predicted octanol–water partition coefficient (Wildman–Crippen LogP) is 2.26. The summed E-state index contributed by atoms with van der Waals surface area (Å²) in [7, 11) is 1.67. The molecule has 3 nitrogen and oxygen atoms in total. The lowest BCUT2D eigenvalue weighted by molar-refractivity contribution is 0.0983. The summed E-state index contributed by atoms with van der Waals surface area (Å²) >= 11 is 0. The molecule has 0 radical (unpaired) electrons. The number of ether oxygens (including phenoxy) is 2. The van der Waals surface area contributed by atoms with Crippen LogP contribution < -0.4 is 10.5 Å². The molecular weight excluding hydrogens is 202 g/mol. The molecule has 1 fully saturated rings. The molecule has 0 spiro atoms. The van der Waals surface area contributed by atoms with E-state index in [4.69, 9.17) is 15.2 Å². The molecule has 1 aliphatic heterocycles. The SMILES string of the molecule is COc1ccc(C(N)CC2CCCO2)cc1. The Morgan fingerprint density at radius 3 is 2.75 bits per heavy atom. The molecule has 0 aromatic heterocycles. The van der Waals surface area contributed by atoms with Gasteiger partial charge in [-0.1, -0.05) is 12.1 Å². The van der Waals surface area contributed by atoms with E-state index in [-0.39, 0.29) is 6.04 Å². The van der Waals surface area contributed by atoms with Gasteiger partial charge in [-0.05, 0) is 37.0 Å². The molecule has 1 heterocycles. The van der Waals surface area contributed by atoms with E-state index >= 15 is 0 Å². The van der Waals surface area contributed by atoms with E-state index < -0.39 is 0 Å². The van der Waals surface area contributed by atoms with Gasteiger partial charge < -0.3 is 15.2 Å². The van der Waals surface area contributed by atoms with Crippen LogP contribution >= 0.6 is 0 Å². The summed E-state index contributed by atoms with van der Waals surface area (Å²) in [6.45, 7) is 0.889. The summed E-state index contributed by atoms with van der Waals surface area (Å²) in [5.74, 6) is 0.869. The van der Waals surface area contributed by atoms with Gasteiger partial charge in [0.1, 0.15) is 5.75 Å². The highest BCUT2D eigenvalue weighted by molar-refractivity contribution is 5.28. The maximum absolute atomic E-state index is 6.15. The highest BCUT2D eigenvalue weighted by Gasteiger charge is 2.19. The molecule has 3 heteroatoms. The molecule has 2 unspecified atom stereocenters. The average molecular weight is 221 g/mol. The number of hydrogen-bond donors (Lipinski definition) is 1. The molecule has 0 saturated carbocycles. The number of benzene rings is 1. The fourth-order valence-corrected chi connectivity index (χ4v) is 2.10. The summed E-state index contributed by atoms with van der Waals surface area (Å²) < 4.78 is 10.7. The van der Waals surface area contributed by atoms with E-state index in [0.717, 1.165) is 30.8 Å². The van der Waals surface area contributed by atoms with Gasteiger partial charge in [0.2, 0.25) is 0 Å². The zero-order chi connectivity index (χ0) is 11.4. The van der Waals surface area contributed by atoms with Crippen LogP contribution in [0.4, 0.5) is 0 Å². The zero-order valence-corrected chi connectivity index (χ0v) is 9.69. The van der Waals surface area contributed by atoms with Crippen molar-refractivity contribution in [2.75, 3.05) is 13.7 Å². The second kappa shape index (κ2) is 5.32. The quantitative estimate of drug-likeness (QED) is 0.848. The Balaban J connectivity index is 1.94. The minimum atomic E-state index is 0.0639. The first kappa shape index (κ1) is 11.4. The van der Waals surface area contributed by atoms with Crippen molar-refractivity contribution in [3.63, 3.8) is 0 Å². The zero-order valence-electron chi connectivity index (χ0n) is 9.69. The van der Waals surface area contributed by atoms with Crippen LogP contribution in [0, 0.1) is 0 Å². The topological polar surface area (TPSA) is 44.5 Å². The molecule has 16 heavy (non-hydrogen) atoms. The smallest absolute Gasteiger partial charge is 0.118 e. The first-order valence-electron chi connectivity index (χ1n) is 5.80. The van der Waals surface area contributed by atoms with Crippen molar-refractivity contribution in [3.05, 3.63) is 29.8 Å². The Bertz CT molecular complexity index is 317. The lowest BCUT2D eigenvalue weighted by atomic mass is 10.0. The van der Waals surface area contributed by atoms with Crippen molar-refractivity contribution in [1.29, 1.82) is 0 Å². The van der Waals surface area contributed by atoms with Crippen LogP contribution in [0.15, 0.2) is 24.3 Å². The molecule has 0 amide bonds. The minimum absolute atomic E-state index is 0.0639. The highest BCUT2D eigenvalue weighted by Crippen LogP contribution is 2.24. The van der Waals surface area contributed by atoms with Crippen LogP contribution in [-0.2, 0) is 4.74 Å². The molecule has 2 N–H and O–H groups in total. The van der Waals surface area contributed by atoms with Crippen molar-refractivity contribution in [2.24, 2.45) is 5.73 Å². The Hall–Kier alpha value is -1.06. The van der Waals surface area contributed by atoms with E-state index in [9.17, 15) is 0 Å². The van der Waals surface area contributed by atoms with Gasteiger partial charge in [0, 0.05) is 12.6 Å². The van der Waals surface area contributed by atoms with Crippen LogP contribution in [0.3, 0.4) is 0 Å². The van der Waals surface area contributed by atoms with Gasteiger partial charge in [0.05, 0.1) is 13.2 Å². The lowest BCUT2D eigenvalue weighted by Crippen LogP contribution is -2.18. The number of methoxy groups -OCH3 is 1. The fourth-order valence-electron chi connectivity index (χ4n) is 2.10. The van der Waals surface area contributed by atoms with Crippen LogP contribution in [0.1, 0.15) is 30.9 Å². The Morgan fingerprint density at radius 2 is 2.19 bits per heavy atom. The van der Waals surface area contributed by atoms with Gasteiger partial charge in [-0.3, -0.25) is 0 Å². The van der Waals surface area contributed by atoms with Crippen LogP contribution in [0.25, 0.3) is 0 Å². The normalized spacial score (nSPS) is 22.0. The third kappa shape index (κ3) is 2.74. The van der Waals surface area contributed by atoms with Gasteiger partial charge in [-0.2, -0.15) is 0 Å². The Labute approximate surface area is 96.5 Å². The van der Waals surface area contributed by atoms with Gasteiger partial charge in [-0.15, -0.1) is 0 Å². The maximum Gasteiger partial charge on any atom is 0.118 e. The first-order valence-corrected chi connectivity index (χ1v) is 5.80. The molecule has 2 atom stereocenters. The second-order valence-corrected chi connectivity index (χ2v) is 4.25. The van der Waals surface area contributed by atoms with Gasteiger partial charge >= 0.3 is 0 Å². The molecule has 1 aromatic carbocycles. The molecule has 1 saturated heterocycles. The summed E-state index contributed by atoms with van der Waals surface area (Å²) in [5, 5.41) is 0. The summed E-state index contributed by atoms with van der Waals surface area (Å²) in [6, 6.07) is 8.01. The first-order chi connectivity index (χ1) is 7.79. The standard InChI is InChI=1S/C13H19NO2/c1-15-11-6-4-10(5-7-11)13(14)9-12-3-2-8-16-12/h4-7,12-13H,2-3,8-9,14H2,1H3. The van der Waals surface area contributed by atoms with Crippen molar-refractivity contribution in [1.82, 2.24) is 0 Å². The maximum atomic E-state index is 6.15. The van der Waals surface area contributed by atoms with Crippen LogP contribution in [0.5, 0.6) is 5.75 Å². The van der Waals surface area contributed by atoms with Gasteiger partial charge in [0.15, 0.2) is 0 Å². The molecule has 1 aromatic rings. The van der Waals surface area contributed by atoms with Crippen molar-refractivity contribution >= 4 is 0 Å². The molecule has 88 valence electrons. The van der Waals surface area contributed by atoms with Crippen molar-refractivity contribution < 1.29 is 9.47 Å². The summed E-state index contributed by atoms with van der Waals surface area (Å²) in [6.07, 6.45) is 3.56. The summed E-state index contributed by atoms with van der Waals surface area (Å²) in [5.41, 5.74) is 7.29. The van der Waals surface area contributed by atoms with E-state index in [1.807, 2.05) is 24.3 Å². The van der Waals surface area contributed by atoms with E-state index in [1.54, 1.807) is 7.11 Å². The molecular formula is C13H19NO2. The Morgan fingerprint density at radius 1 is 1.44 bits per heavy atom. The molecule has 1 aliphatic rings. The van der Waals surface area contributed by atoms with Gasteiger partial charge in [0.25, 0.3) is 0 Å². The van der Waals surface area contributed by atoms with Crippen LogP contribution in [-0.4, -0.2) is 19.8 Å². The monoisotopic (exact) mass is 221 g/mol. The fraction of sp³-hybridized carbons (Fsp3) is 0.538. The third-order valence-electron chi connectivity index (χ3n) is 3.08. The van der Waals surface area contributed by atoms with E-state index in [0.29, 0.717) is 6.10 Å². The van der Waals surface area contributed by atoms with Crippen molar-refractivity contribution in [3.8, 4) is 5.75 Å². The predicted molar refractivity (Wildman–Crippen MR) is 63.5 cm³/mol. The largest absolute Gasteiger partial charge is 0.497 e. The third-order valence-corrected chi connectivity index (χ3v) is 3.08. The second-order valence-electron chi connectivity index (χ2n) is 4.25. The number of rotatable bonds is 4. The van der Waals surface area contributed by atoms with Gasteiger partial charge in [-0.25, -0.2) is 0 Å². The number of nitrogens with two attached hydrogens (primary N) is 1. The van der Waals surface area contributed by atoms with E-state index in [1.165, 1.54) is 6.42 Å². The summed E-state index contributed by atoms with van der Waals surface area (Å²) in [4.78, 5) is 0.